The van der Waals surface area contributed by atoms with Gasteiger partial charge in [0.2, 0.25) is 0 Å². The highest BCUT2D eigenvalue weighted by atomic mass is 19.4. The van der Waals surface area contributed by atoms with Crippen molar-refractivity contribution in [2.45, 2.75) is 50.8 Å². The van der Waals surface area contributed by atoms with E-state index in [1.165, 1.54) is 14.0 Å². The number of rotatable bonds is 2. The molecule has 3 atom stereocenters. The van der Waals surface area contributed by atoms with Crippen LogP contribution in [-0.2, 0) is 16.0 Å². The Morgan fingerprint density at radius 1 is 1.30 bits per heavy atom. The Morgan fingerprint density at radius 3 is 2.65 bits per heavy atom. The molecule has 0 radical (unpaired) electrons. The number of methoxy groups -OCH3 is 1. The maximum Gasteiger partial charge on any atom is 0.398 e. The number of benzene rings is 1. The van der Waals surface area contributed by atoms with Crippen molar-refractivity contribution in [1.82, 2.24) is 0 Å². The van der Waals surface area contributed by atoms with Crippen LogP contribution in [0, 0.1) is 5.41 Å². The van der Waals surface area contributed by atoms with Gasteiger partial charge in [0.05, 0.1) is 7.11 Å². The molecule has 6 heteroatoms. The topological polar surface area (TPSA) is 35.5 Å². The summed E-state index contributed by atoms with van der Waals surface area (Å²) in [6.07, 6.45) is -4.64. The molecule has 1 saturated carbocycles. The third-order valence-corrected chi connectivity index (χ3v) is 5.28. The summed E-state index contributed by atoms with van der Waals surface area (Å²) < 4.78 is 52.3. The third-order valence-electron chi connectivity index (χ3n) is 5.28. The Kier molecular flexibility index (Phi) is 3.81. The molecule has 2 aliphatic rings. The summed E-state index contributed by atoms with van der Waals surface area (Å²) in [7, 11) is 1.54. The quantitative estimate of drug-likeness (QED) is 0.770. The van der Waals surface area contributed by atoms with E-state index in [4.69, 9.17) is 9.47 Å². The first kappa shape index (κ1) is 16.1. The lowest BCUT2D eigenvalue weighted by molar-refractivity contribution is -0.260. The van der Waals surface area contributed by atoms with Crippen molar-refractivity contribution in [1.29, 1.82) is 0 Å². The van der Waals surface area contributed by atoms with Crippen LogP contribution >= 0.6 is 0 Å². The maximum absolute atomic E-state index is 14.0. The Labute approximate surface area is 132 Å². The van der Waals surface area contributed by atoms with E-state index in [-0.39, 0.29) is 12.8 Å². The number of halogens is 3. The van der Waals surface area contributed by atoms with Crippen molar-refractivity contribution in [3.05, 3.63) is 29.3 Å². The van der Waals surface area contributed by atoms with Crippen LogP contribution in [0.4, 0.5) is 13.2 Å². The van der Waals surface area contributed by atoms with Gasteiger partial charge in [-0.1, -0.05) is 6.07 Å². The average molecular weight is 328 g/mol. The summed E-state index contributed by atoms with van der Waals surface area (Å²) in [6, 6.07) is 5.24. The summed E-state index contributed by atoms with van der Waals surface area (Å²) in [6.45, 7) is 1.17. The number of alkyl halides is 3. The Balaban J connectivity index is 2.07. The van der Waals surface area contributed by atoms with E-state index in [2.05, 4.69) is 0 Å². The summed E-state index contributed by atoms with van der Waals surface area (Å²) in [4.78, 5) is 11.3. The highest BCUT2D eigenvalue weighted by Gasteiger charge is 2.68. The lowest BCUT2D eigenvalue weighted by Crippen LogP contribution is -2.51. The molecular weight excluding hydrogens is 309 g/mol. The number of hydrogen-bond acceptors (Lipinski definition) is 3. The highest BCUT2D eigenvalue weighted by molar-refractivity contribution is 5.66. The van der Waals surface area contributed by atoms with Gasteiger partial charge in [-0.2, -0.15) is 13.2 Å². The van der Waals surface area contributed by atoms with Crippen LogP contribution in [0.5, 0.6) is 5.75 Å². The van der Waals surface area contributed by atoms with Gasteiger partial charge in [0, 0.05) is 12.8 Å². The van der Waals surface area contributed by atoms with Gasteiger partial charge in [-0.15, -0.1) is 0 Å². The first-order valence-electron chi connectivity index (χ1n) is 7.70. The van der Waals surface area contributed by atoms with Crippen LogP contribution in [0.1, 0.15) is 43.2 Å². The van der Waals surface area contributed by atoms with E-state index < -0.39 is 29.6 Å². The average Bonchev–Trinajstić information content (AvgIpc) is 2.85. The van der Waals surface area contributed by atoms with Crippen molar-refractivity contribution < 1.29 is 27.4 Å². The molecule has 23 heavy (non-hydrogen) atoms. The molecule has 1 aromatic rings. The van der Waals surface area contributed by atoms with Crippen molar-refractivity contribution >= 4 is 5.97 Å². The number of hydrogen-bond donors (Lipinski definition) is 0. The molecular formula is C17H19F3O3. The minimum Gasteiger partial charge on any atom is -0.497 e. The van der Waals surface area contributed by atoms with Crippen molar-refractivity contribution in [2.24, 2.45) is 5.41 Å². The fraction of sp³-hybridized carbons (Fsp3) is 0.588. The Morgan fingerprint density at radius 2 is 2.04 bits per heavy atom. The van der Waals surface area contributed by atoms with Gasteiger partial charge in [0.1, 0.15) is 17.3 Å². The van der Waals surface area contributed by atoms with Crippen LogP contribution in [0.2, 0.25) is 0 Å². The largest absolute Gasteiger partial charge is 0.497 e. The molecule has 0 spiro atoms. The molecule has 1 aromatic carbocycles. The number of ether oxygens (including phenoxy) is 2. The predicted molar refractivity (Wildman–Crippen MR) is 77.3 cm³/mol. The van der Waals surface area contributed by atoms with Crippen molar-refractivity contribution in [3.8, 4) is 5.75 Å². The first-order chi connectivity index (χ1) is 10.8. The van der Waals surface area contributed by atoms with Gasteiger partial charge < -0.3 is 9.47 Å². The van der Waals surface area contributed by atoms with E-state index in [1.54, 1.807) is 12.1 Å². The summed E-state index contributed by atoms with van der Waals surface area (Å²) in [5.41, 5.74) is -0.359. The molecule has 0 amide bonds. The van der Waals surface area contributed by atoms with Gasteiger partial charge in [-0.05, 0) is 48.9 Å². The summed E-state index contributed by atoms with van der Waals surface area (Å²) in [5, 5.41) is 0. The number of fused-ring (bicyclic) bond motifs is 3. The molecule has 0 N–H and O–H groups in total. The van der Waals surface area contributed by atoms with Crippen LogP contribution < -0.4 is 4.74 Å². The van der Waals surface area contributed by atoms with Crippen LogP contribution in [0.3, 0.4) is 0 Å². The second kappa shape index (κ2) is 5.42. The zero-order valence-electron chi connectivity index (χ0n) is 13.1. The molecule has 0 bridgehead atoms. The van der Waals surface area contributed by atoms with E-state index in [1.807, 2.05) is 6.07 Å². The first-order valence-corrected chi connectivity index (χ1v) is 7.70. The third kappa shape index (κ3) is 2.39. The lowest BCUT2D eigenvalue weighted by atomic mass is 9.64. The number of esters is 1. The lowest BCUT2D eigenvalue weighted by Gasteiger charge is -2.44. The van der Waals surface area contributed by atoms with E-state index in [0.29, 0.717) is 24.2 Å². The van der Waals surface area contributed by atoms with Gasteiger partial charge in [-0.25, -0.2) is 0 Å². The Hall–Kier alpha value is -1.72. The minimum absolute atomic E-state index is 0.0563. The highest BCUT2D eigenvalue weighted by Crippen LogP contribution is 2.64. The zero-order chi connectivity index (χ0) is 16.8. The van der Waals surface area contributed by atoms with E-state index in [9.17, 15) is 18.0 Å². The van der Waals surface area contributed by atoms with E-state index >= 15 is 0 Å². The van der Waals surface area contributed by atoms with Gasteiger partial charge in [0.15, 0.2) is 0 Å². The summed E-state index contributed by atoms with van der Waals surface area (Å²) in [5.74, 6) is -0.667. The van der Waals surface area contributed by atoms with Crippen LogP contribution in [0.15, 0.2) is 18.2 Å². The number of carbonyl (C=O) groups excluding carboxylic acids is 1. The molecule has 0 aliphatic heterocycles. The SMILES string of the molecule is COc1ccc2c(c1)CC[C@@]1(C(F)(F)F)[C@@H]2CC[C@H]1OC(C)=O. The molecule has 1 fully saturated rings. The smallest absolute Gasteiger partial charge is 0.398 e. The van der Waals surface area contributed by atoms with Crippen molar-refractivity contribution in [2.75, 3.05) is 7.11 Å². The van der Waals surface area contributed by atoms with Gasteiger partial charge in [0.25, 0.3) is 0 Å². The standard InChI is InChI=1S/C17H19F3O3/c1-10(21)23-15-6-5-14-13-4-3-12(22-2)9-11(13)7-8-16(14,15)17(18,19)20/h3-4,9,14-15H,5-8H2,1-2H3/t14-,15-,16-/m1/s1. The normalized spacial score (nSPS) is 29.6. The fourth-order valence-corrected chi connectivity index (χ4v) is 4.32. The van der Waals surface area contributed by atoms with Crippen LogP contribution in [0.25, 0.3) is 0 Å². The molecule has 0 aromatic heterocycles. The predicted octanol–water partition coefficient (Wildman–Crippen LogP) is 4.00. The second-order valence-electron chi connectivity index (χ2n) is 6.33. The van der Waals surface area contributed by atoms with Gasteiger partial charge in [-0.3, -0.25) is 4.79 Å². The molecule has 2 aliphatic carbocycles. The molecule has 0 unspecified atom stereocenters. The molecule has 3 nitrogen and oxygen atoms in total. The number of carbonyl (C=O) groups is 1. The van der Waals surface area contributed by atoms with Gasteiger partial charge >= 0.3 is 12.1 Å². The van der Waals surface area contributed by atoms with Crippen molar-refractivity contribution in [3.63, 3.8) is 0 Å². The maximum atomic E-state index is 14.0. The number of aryl methyl sites for hydroxylation is 1. The van der Waals surface area contributed by atoms with E-state index in [0.717, 1.165) is 5.56 Å². The monoisotopic (exact) mass is 328 g/mol. The van der Waals surface area contributed by atoms with Crippen LogP contribution in [-0.4, -0.2) is 25.4 Å². The second-order valence-corrected chi connectivity index (χ2v) is 6.33. The zero-order valence-corrected chi connectivity index (χ0v) is 13.1. The molecule has 0 heterocycles. The Bertz CT molecular complexity index is 626. The molecule has 0 saturated heterocycles. The molecule has 3 rings (SSSR count). The summed E-state index contributed by atoms with van der Waals surface area (Å²) >= 11 is 0. The molecule has 126 valence electrons. The minimum atomic E-state index is -4.41. The fourth-order valence-electron chi connectivity index (χ4n) is 4.32.